The van der Waals surface area contributed by atoms with E-state index in [4.69, 9.17) is 4.74 Å². The summed E-state index contributed by atoms with van der Waals surface area (Å²) in [6.07, 6.45) is 0.462. The largest absolute Gasteiger partial charge is 0.455 e. The Morgan fingerprint density at radius 3 is 2.39 bits per heavy atom. The van der Waals surface area contributed by atoms with Gasteiger partial charge in [0.1, 0.15) is 0 Å². The first-order valence-corrected chi connectivity index (χ1v) is 11.0. The van der Waals surface area contributed by atoms with Crippen LogP contribution in [-0.2, 0) is 30.6 Å². The van der Waals surface area contributed by atoms with Gasteiger partial charge in [0, 0.05) is 5.69 Å². The van der Waals surface area contributed by atoms with Crippen LogP contribution >= 0.6 is 0 Å². The number of esters is 1. The van der Waals surface area contributed by atoms with Crippen molar-refractivity contribution in [2.24, 2.45) is 0 Å². The maximum Gasteiger partial charge on any atom is 0.310 e. The predicted octanol–water partition coefficient (Wildman–Crippen LogP) is 2.30. The number of hydrogen-bond donors (Lipinski definition) is 0. The van der Waals surface area contributed by atoms with Gasteiger partial charge in [-0.2, -0.15) is 0 Å². The maximum atomic E-state index is 12.8. The Labute approximate surface area is 165 Å². The van der Waals surface area contributed by atoms with Gasteiger partial charge in [-0.15, -0.1) is 0 Å². The van der Waals surface area contributed by atoms with E-state index in [-0.39, 0.29) is 17.9 Å². The molecular weight excluding hydrogens is 378 g/mol. The quantitative estimate of drug-likeness (QED) is 0.694. The smallest absolute Gasteiger partial charge is 0.310 e. The van der Waals surface area contributed by atoms with E-state index in [0.29, 0.717) is 12.1 Å². The summed E-state index contributed by atoms with van der Waals surface area (Å²) in [5.74, 6) is -0.937. The van der Waals surface area contributed by atoms with Crippen LogP contribution in [0.3, 0.4) is 0 Å². The van der Waals surface area contributed by atoms with E-state index < -0.39 is 34.4 Å². The molecule has 1 fully saturated rings. The van der Waals surface area contributed by atoms with Crippen molar-refractivity contribution in [1.82, 2.24) is 0 Å². The Morgan fingerprint density at radius 2 is 1.75 bits per heavy atom. The molecule has 0 aromatic heterocycles. The fraction of sp³-hybridized carbons (Fsp3) is 0.333. The van der Waals surface area contributed by atoms with Crippen molar-refractivity contribution >= 4 is 27.4 Å². The van der Waals surface area contributed by atoms with Gasteiger partial charge in [-0.05, 0) is 36.6 Å². The second-order valence-electron chi connectivity index (χ2n) is 6.92. The van der Waals surface area contributed by atoms with Crippen LogP contribution in [0.5, 0.6) is 0 Å². The predicted molar refractivity (Wildman–Crippen MR) is 107 cm³/mol. The molecule has 1 amide bonds. The number of aryl methyl sites for hydroxylation is 1. The third-order valence-corrected chi connectivity index (χ3v) is 6.58. The number of carbonyl (C=O) groups excluding carboxylic acids is 2. The van der Waals surface area contributed by atoms with Gasteiger partial charge in [0.05, 0.1) is 24.0 Å². The van der Waals surface area contributed by atoms with E-state index in [1.165, 1.54) is 4.90 Å². The monoisotopic (exact) mass is 401 g/mol. The van der Waals surface area contributed by atoms with Gasteiger partial charge in [0.2, 0.25) is 0 Å². The fourth-order valence-corrected chi connectivity index (χ4v) is 5.05. The summed E-state index contributed by atoms with van der Waals surface area (Å²) in [4.78, 5) is 26.4. The van der Waals surface area contributed by atoms with E-state index in [9.17, 15) is 18.0 Å². The van der Waals surface area contributed by atoms with Gasteiger partial charge >= 0.3 is 5.97 Å². The molecular formula is C21H23NO5S. The number of para-hydroxylation sites is 1. The summed E-state index contributed by atoms with van der Waals surface area (Å²) in [5.41, 5.74) is 2.43. The zero-order valence-corrected chi connectivity index (χ0v) is 16.5. The minimum atomic E-state index is -3.16. The molecule has 28 heavy (non-hydrogen) atoms. The van der Waals surface area contributed by atoms with E-state index in [1.54, 1.807) is 24.3 Å². The fourth-order valence-electron chi connectivity index (χ4n) is 3.35. The molecule has 1 aliphatic heterocycles. The molecule has 1 aliphatic rings. The number of hydrogen-bond acceptors (Lipinski definition) is 5. The highest BCUT2D eigenvalue weighted by atomic mass is 32.2. The molecule has 1 atom stereocenters. The maximum absolute atomic E-state index is 12.8. The van der Waals surface area contributed by atoms with Crippen LogP contribution < -0.4 is 4.90 Å². The van der Waals surface area contributed by atoms with Gasteiger partial charge < -0.3 is 9.64 Å². The molecule has 2 aromatic rings. The number of amides is 1. The standard InChI is InChI=1S/C21H23NO5S/c1-16-7-5-6-8-17(16)13-21(24)27-14-20(23)22(18-9-3-2-4-10-18)19-11-12-28(25,26)15-19/h2-10,19H,11-15H2,1H3/t19-/m0/s1. The molecule has 7 heteroatoms. The molecule has 6 nitrogen and oxygen atoms in total. The SMILES string of the molecule is Cc1ccccc1CC(=O)OCC(=O)N(c1ccccc1)[C@H]1CCS(=O)(=O)C1. The third kappa shape index (κ3) is 4.98. The van der Waals surface area contributed by atoms with Crippen LogP contribution in [0.2, 0.25) is 0 Å². The first kappa shape index (κ1) is 20.1. The minimum absolute atomic E-state index is 0.0569. The molecule has 0 radical (unpaired) electrons. The molecule has 0 aliphatic carbocycles. The van der Waals surface area contributed by atoms with Gasteiger partial charge in [-0.1, -0.05) is 42.5 Å². The van der Waals surface area contributed by atoms with Gasteiger partial charge in [-0.3, -0.25) is 9.59 Å². The molecule has 0 saturated carbocycles. The Balaban J connectivity index is 1.68. The summed E-state index contributed by atoms with van der Waals surface area (Å²) in [7, 11) is -3.16. The van der Waals surface area contributed by atoms with Crippen molar-refractivity contribution in [3.05, 3.63) is 65.7 Å². The minimum Gasteiger partial charge on any atom is -0.455 e. The van der Waals surface area contributed by atoms with Crippen molar-refractivity contribution in [2.75, 3.05) is 23.0 Å². The first-order chi connectivity index (χ1) is 13.4. The van der Waals surface area contributed by atoms with Crippen LogP contribution in [0.25, 0.3) is 0 Å². The molecule has 148 valence electrons. The number of nitrogens with zero attached hydrogens (tertiary/aromatic N) is 1. The zero-order chi connectivity index (χ0) is 20.1. The Morgan fingerprint density at radius 1 is 1.07 bits per heavy atom. The van der Waals surface area contributed by atoms with Crippen molar-refractivity contribution in [1.29, 1.82) is 0 Å². The average Bonchev–Trinajstić information content (AvgIpc) is 3.02. The Kier molecular flexibility index (Phi) is 6.14. The lowest BCUT2D eigenvalue weighted by molar-refractivity contribution is -0.147. The highest BCUT2D eigenvalue weighted by molar-refractivity contribution is 7.91. The summed E-state index contributed by atoms with van der Waals surface area (Å²) < 4.78 is 29.0. The lowest BCUT2D eigenvalue weighted by atomic mass is 10.1. The van der Waals surface area contributed by atoms with Crippen LogP contribution in [0.15, 0.2) is 54.6 Å². The average molecular weight is 401 g/mol. The highest BCUT2D eigenvalue weighted by Crippen LogP contribution is 2.24. The lowest BCUT2D eigenvalue weighted by Gasteiger charge is -2.28. The first-order valence-electron chi connectivity index (χ1n) is 9.13. The zero-order valence-electron chi connectivity index (χ0n) is 15.7. The van der Waals surface area contributed by atoms with E-state index >= 15 is 0 Å². The molecule has 0 unspecified atom stereocenters. The van der Waals surface area contributed by atoms with Gasteiger partial charge in [0.15, 0.2) is 16.4 Å². The number of rotatable bonds is 6. The number of sulfone groups is 1. The molecule has 0 N–H and O–H groups in total. The third-order valence-electron chi connectivity index (χ3n) is 4.83. The normalized spacial score (nSPS) is 17.8. The molecule has 1 saturated heterocycles. The summed E-state index contributed by atoms with van der Waals surface area (Å²) in [6, 6.07) is 15.9. The van der Waals surface area contributed by atoms with Gasteiger partial charge in [-0.25, -0.2) is 8.42 Å². The van der Waals surface area contributed by atoms with Crippen LogP contribution in [0.4, 0.5) is 5.69 Å². The highest BCUT2D eigenvalue weighted by Gasteiger charge is 2.35. The summed E-state index contributed by atoms with van der Waals surface area (Å²) in [6.45, 7) is 1.49. The molecule has 1 heterocycles. The number of benzene rings is 2. The van der Waals surface area contributed by atoms with Crippen molar-refractivity contribution < 1.29 is 22.7 Å². The van der Waals surface area contributed by atoms with Crippen molar-refractivity contribution in [3.8, 4) is 0 Å². The summed E-state index contributed by atoms with van der Waals surface area (Å²) >= 11 is 0. The van der Waals surface area contributed by atoms with Crippen LogP contribution in [0, 0.1) is 6.92 Å². The van der Waals surface area contributed by atoms with Crippen LogP contribution in [0.1, 0.15) is 17.5 Å². The van der Waals surface area contributed by atoms with E-state index in [1.807, 2.05) is 37.3 Å². The topological polar surface area (TPSA) is 80.8 Å². The Hall–Kier alpha value is -2.67. The van der Waals surface area contributed by atoms with E-state index in [2.05, 4.69) is 0 Å². The second kappa shape index (κ2) is 8.56. The van der Waals surface area contributed by atoms with E-state index in [0.717, 1.165) is 11.1 Å². The lowest BCUT2D eigenvalue weighted by Crippen LogP contribution is -2.43. The van der Waals surface area contributed by atoms with Crippen molar-refractivity contribution in [3.63, 3.8) is 0 Å². The molecule has 0 bridgehead atoms. The Bertz CT molecular complexity index is 956. The number of ether oxygens (including phenoxy) is 1. The van der Waals surface area contributed by atoms with Gasteiger partial charge in [0.25, 0.3) is 5.91 Å². The second-order valence-corrected chi connectivity index (χ2v) is 9.15. The molecule has 2 aromatic carbocycles. The molecule has 3 rings (SSSR count). The molecule has 0 spiro atoms. The summed E-state index contributed by atoms with van der Waals surface area (Å²) in [5, 5.41) is 0. The van der Waals surface area contributed by atoms with Crippen LogP contribution in [-0.4, -0.2) is 44.4 Å². The number of anilines is 1. The van der Waals surface area contributed by atoms with Crippen molar-refractivity contribution in [2.45, 2.75) is 25.8 Å². The number of carbonyl (C=O) groups is 2.